The Morgan fingerprint density at radius 3 is 2.52 bits per heavy atom. The van der Waals surface area contributed by atoms with Gasteiger partial charge in [-0.1, -0.05) is 22.9 Å². The lowest BCUT2D eigenvalue weighted by Gasteiger charge is -2.08. The van der Waals surface area contributed by atoms with Crippen molar-refractivity contribution >= 4 is 34.0 Å². The maximum atomic E-state index is 12.4. The molecule has 3 rings (SSSR count). The third kappa shape index (κ3) is 4.87. The summed E-state index contributed by atoms with van der Waals surface area (Å²) in [4.78, 5) is 12.4. The first-order valence-electron chi connectivity index (χ1n) is 7.83. The fourth-order valence-electron chi connectivity index (χ4n) is 2.19. The Kier molecular flexibility index (Phi) is 6.10. The van der Waals surface area contributed by atoms with Crippen molar-refractivity contribution in [1.82, 2.24) is 10.2 Å². The van der Waals surface area contributed by atoms with Crippen molar-refractivity contribution < 1.29 is 19.0 Å². The smallest absolute Gasteiger partial charge is 0.257 e. The number of rotatable bonds is 7. The summed E-state index contributed by atoms with van der Waals surface area (Å²) in [7, 11) is 3.05. The maximum absolute atomic E-state index is 12.4. The van der Waals surface area contributed by atoms with Gasteiger partial charge in [-0.2, -0.15) is 0 Å². The summed E-state index contributed by atoms with van der Waals surface area (Å²) in [5.41, 5.74) is 0.418. The van der Waals surface area contributed by atoms with E-state index in [0.717, 1.165) is 0 Å². The van der Waals surface area contributed by atoms with E-state index in [1.807, 2.05) is 0 Å². The minimum Gasteiger partial charge on any atom is -0.493 e. The number of ether oxygens (including phenoxy) is 3. The molecule has 0 spiro atoms. The van der Waals surface area contributed by atoms with Gasteiger partial charge in [-0.05, 0) is 42.5 Å². The van der Waals surface area contributed by atoms with Crippen LogP contribution in [0.1, 0.15) is 15.4 Å². The van der Waals surface area contributed by atoms with E-state index >= 15 is 0 Å². The van der Waals surface area contributed by atoms with Gasteiger partial charge in [0, 0.05) is 10.6 Å². The number of aromatic nitrogens is 2. The highest BCUT2D eigenvalue weighted by Crippen LogP contribution is 2.28. The van der Waals surface area contributed by atoms with Crippen LogP contribution in [0.5, 0.6) is 17.2 Å². The van der Waals surface area contributed by atoms with Gasteiger partial charge in [0.1, 0.15) is 12.4 Å². The summed E-state index contributed by atoms with van der Waals surface area (Å²) in [6, 6.07) is 11.9. The van der Waals surface area contributed by atoms with Gasteiger partial charge < -0.3 is 14.2 Å². The molecule has 0 saturated carbocycles. The first kappa shape index (κ1) is 18.9. The fraction of sp³-hybridized carbons (Fsp3) is 0.167. The van der Waals surface area contributed by atoms with Gasteiger partial charge in [0.15, 0.2) is 16.5 Å². The number of hydrogen-bond donors (Lipinski definition) is 1. The van der Waals surface area contributed by atoms with Gasteiger partial charge in [0.25, 0.3) is 5.91 Å². The van der Waals surface area contributed by atoms with E-state index < -0.39 is 0 Å². The standard InChI is InChI=1S/C18H16ClN3O4S/c1-24-14-8-3-11(9-15(14)25-2)17(23)20-18-22-21-16(27-18)10-26-13-6-4-12(19)5-7-13/h3-9H,10H2,1-2H3,(H,20,22,23). The lowest BCUT2D eigenvalue weighted by Crippen LogP contribution is -2.12. The maximum Gasteiger partial charge on any atom is 0.257 e. The first-order valence-corrected chi connectivity index (χ1v) is 9.02. The van der Waals surface area contributed by atoms with Crippen molar-refractivity contribution in [3.8, 4) is 17.2 Å². The van der Waals surface area contributed by atoms with E-state index in [0.29, 0.717) is 38.0 Å². The predicted octanol–water partition coefficient (Wildman–Crippen LogP) is 4.04. The first-order chi connectivity index (χ1) is 13.1. The molecule has 1 aromatic heterocycles. The van der Waals surface area contributed by atoms with Crippen LogP contribution in [0.15, 0.2) is 42.5 Å². The molecule has 7 nitrogen and oxygen atoms in total. The van der Waals surface area contributed by atoms with Crippen molar-refractivity contribution in [2.24, 2.45) is 0 Å². The molecule has 0 aliphatic heterocycles. The highest BCUT2D eigenvalue weighted by atomic mass is 35.5. The molecule has 0 aliphatic rings. The second kappa shape index (κ2) is 8.70. The predicted molar refractivity (Wildman–Crippen MR) is 103 cm³/mol. The molecule has 0 aliphatic carbocycles. The third-order valence-electron chi connectivity index (χ3n) is 3.51. The molecule has 27 heavy (non-hydrogen) atoms. The van der Waals surface area contributed by atoms with E-state index in [1.54, 1.807) is 42.5 Å². The molecular formula is C18H16ClN3O4S. The summed E-state index contributed by atoms with van der Waals surface area (Å²) >= 11 is 7.07. The van der Waals surface area contributed by atoms with Crippen LogP contribution in [0.3, 0.4) is 0 Å². The Labute approximate surface area is 164 Å². The number of carbonyl (C=O) groups is 1. The minimum atomic E-state index is -0.322. The van der Waals surface area contributed by atoms with E-state index in [-0.39, 0.29) is 12.5 Å². The van der Waals surface area contributed by atoms with Crippen molar-refractivity contribution in [2.75, 3.05) is 19.5 Å². The number of halogens is 1. The zero-order valence-corrected chi connectivity index (χ0v) is 16.1. The molecule has 1 heterocycles. The largest absolute Gasteiger partial charge is 0.493 e. The van der Waals surface area contributed by atoms with Crippen LogP contribution in [-0.4, -0.2) is 30.3 Å². The summed E-state index contributed by atoms with van der Waals surface area (Å²) in [6.45, 7) is 0.242. The number of nitrogens with one attached hydrogen (secondary N) is 1. The summed E-state index contributed by atoms with van der Waals surface area (Å²) in [6.07, 6.45) is 0. The number of methoxy groups -OCH3 is 2. The Morgan fingerprint density at radius 2 is 1.81 bits per heavy atom. The zero-order chi connectivity index (χ0) is 19.2. The van der Waals surface area contributed by atoms with Gasteiger partial charge in [-0.3, -0.25) is 10.1 Å². The molecule has 1 amide bonds. The van der Waals surface area contributed by atoms with Crippen LogP contribution in [0.25, 0.3) is 0 Å². The summed E-state index contributed by atoms with van der Waals surface area (Å²) < 4.78 is 16.0. The SMILES string of the molecule is COc1ccc(C(=O)Nc2nnc(COc3ccc(Cl)cc3)s2)cc1OC. The topological polar surface area (TPSA) is 82.6 Å². The molecule has 0 unspecified atom stereocenters. The number of hydrogen-bond acceptors (Lipinski definition) is 7. The van der Waals surface area contributed by atoms with Crippen LogP contribution in [0, 0.1) is 0 Å². The lowest BCUT2D eigenvalue weighted by molar-refractivity contribution is 0.102. The molecule has 0 radical (unpaired) electrons. The van der Waals surface area contributed by atoms with Crippen molar-refractivity contribution in [3.63, 3.8) is 0 Å². The number of anilines is 1. The highest BCUT2D eigenvalue weighted by Gasteiger charge is 2.13. The second-order valence-corrected chi connectivity index (χ2v) is 6.77. The third-order valence-corrected chi connectivity index (χ3v) is 4.57. The van der Waals surface area contributed by atoms with Gasteiger partial charge in [0.05, 0.1) is 14.2 Å². The number of nitrogens with zero attached hydrogens (tertiary/aromatic N) is 2. The van der Waals surface area contributed by atoms with Gasteiger partial charge >= 0.3 is 0 Å². The average molecular weight is 406 g/mol. The molecule has 0 bridgehead atoms. The monoisotopic (exact) mass is 405 g/mol. The average Bonchev–Trinajstić information content (AvgIpc) is 3.14. The van der Waals surface area contributed by atoms with Crippen molar-refractivity contribution in [1.29, 1.82) is 0 Å². The molecule has 3 aromatic rings. The Morgan fingerprint density at radius 1 is 1.07 bits per heavy atom. The van der Waals surface area contributed by atoms with Crippen LogP contribution in [-0.2, 0) is 6.61 Å². The second-order valence-electron chi connectivity index (χ2n) is 5.27. The number of amides is 1. The van der Waals surface area contributed by atoms with E-state index in [2.05, 4.69) is 15.5 Å². The van der Waals surface area contributed by atoms with Gasteiger partial charge in [0.2, 0.25) is 5.13 Å². The summed E-state index contributed by atoms with van der Waals surface area (Å²) in [5, 5.41) is 12.3. The van der Waals surface area contributed by atoms with Gasteiger partial charge in [-0.15, -0.1) is 10.2 Å². The quantitative estimate of drug-likeness (QED) is 0.638. The number of carbonyl (C=O) groups excluding carboxylic acids is 1. The molecule has 1 N–H and O–H groups in total. The zero-order valence-electron chi connectivity index (χ0n) is 14.6. The number of benzene rings is 2. The normalized spacial score (nSPS) is 10.3. The fourth-order valence-corrected chi connectivity index (χ4v) is 2.96. The molecule has 140 valence electrons. The Balaban J connectivity index is 1.61. The van der Waals surface area contributed by atoms with Crippen molar-refractivity contribution in [3.05, 3.63) is 58.1 Å². The molecule has 0 saturated heterocycles. The minimum absolute atomic E-state index is 0.242. The van der Waals surface area contributed by atoms with Crippen molar-refractivity contribution in [2.45, 2.75) is 6.61 Å². The van der Waals surface area contributed by atoms with Crippen LogP contribution in [0.4, 0.5) is 5.13 Å². The molecule has 0 atom stereocenters. The van der Waals surface area contributed by atoms with Crippen LogP contribution < -0.4 is 19.5 Å². The van der Waals surface area contributed by atoms with Crippen LogP contribution >= 0.6 is 22.9 Å². The van der Waals surface area contributed by atoms with Gasteiger partial charge in [-0.25, -0.2) is 0 Å². The Hall–Kier alpha value is -2.84. The molecule has 2 aromatic carbocycles. The van der Waals surface area contributed by atoms with Crippen LogP contribution in [0.2, 0.25) is 5.02 Å². The van der Waals surface area contributed by atoms with E-state index in [1.165, 1.54) is 25.6 Å². The van der Waals surface area contributed by atoms with E-state index in [4.69, 9.17) is 25.8 Å². The molecule has 9 heteroatoms. The highest BCUT2D eigenvalue weighted by molar-refractivity contribution is 7.15. The molecule has 0 fully saturated rings. The summed E-state index contributed by atoms with van der Waals surface area (Å²) in [5.74, 6) is 1.37. The Bertz CT molecular complexity index is 931. The molecular weight excluding hydrogens is 390 g/mol. The van der Waals surface area contributed by atoms with E-state index in [9.17, 15) is 4.79 Å². The lowest BCUT2D eigenvalue weighted by atomic mass is 10.2.